The maximum atomic E-state index is 12.2. The number of nitrogens with one attached hydrogen (secondary N) is 1. The maximum Gasteiger partial charge on any atom is 0.228 e. The number of carbonyl (C=O) groups is 1. The van der Waals surface area contributed by atoms with Crippen molar-refractivity contribution in [2.24, 2.45) is 11.3 Å². The Bertz CT molecular complexity index is 262. The molecule has 2 aliphatic rings. The van der Waals surface area contributed by atoms with Gasteiger partial charge in [0.25, 0.3) is 0 Å². The minimum atomic E-state index is 0.0829. The van der Waals surface area contributed by atoms with E-state index in [1.807, 2.05) is 4.90 Å². The Kier molecular flexibility index (Phi) is 3.50. The topological polar surface area (TPSA) is 41.6 Å². The molecule has 92 valence electrons. The van der Waals surface area contributed by atoms with Crippen molar-refractivity contribution in [3.05, 3.63) is 0 Å². The minimum Gasteiger partial charge on any atom is -0.384 e. The van der Waals surface area contributed by atoms with E-state index in [1.165, 1.54) is 0 Å². The summed E-state index contributed by atoms with van der Waals surface area (Å²) in [5, 5.41) is 3.38. The zero-order valence-corrected chi connectivity index (χ0v) is 10.3. The number of carbonyl (C=O) groups excluding carboxylic acids is 1. The Balaban J connectivity index is 2.18. The summed E-state index contributed by atoms with van der Waals surface area (Å²) in [6.45, 7) is 6.46. The molecule has 0 aromatic carbocycles. The van der Waals surface area contributed by atoms with E-state index in [2.05, 4.69) is 12.2 Å². The van der Waals surface area contributed by atoms with Crippen molar-refractivity contribution in [3.63, 3.8) is 0 Å². The van der Waals surface area contributed by atoms with E-state index < -0.39 is 0 Å². The van der Waals surface area contributed by atoms with Gasteiger partial charge < -0.3 is 15.0 Å². The molecule has 1 atom stereocenters. The van der Waals surface area contributed by atoms with Crippen LogP contribution < -0.4 is 5.32 Å². The number of nitrogens with zero attached hydrogens (tertiary/aromatic N) is 1. The highest BCUT2D eigenvalue weighted by molar-refractivity contribution is 5.82. The molecular weight excluding hydrogens is 204 g/mol. The van der Waals surface area contributed by atoms with Crippen molar-refractivity contribution >= 4 is 5.91 Å². The maximum absolute atomic E-state index is 12.2. The third kappa shape index (κ3) is 1.84. The van der Waals surface area contributed by atoms with Gasteiger partial charge in [-0.25, -0.2) is 0 Å². The molecule has 0 bridgehead atoms. The molecule has 2 heterocycles. The van der Waals surface area contributed by atoms with Gasteiger partial charge >= 0.3 is 0 Å². The third-order valence-corrected chi connectivity index (χ3v) is 4.17. The fourth-order valence-corrected chi connectivity index (χ4v) is 3.16. The van der Waals surface area contributed by atoms with Crippen molar-refractivity contribution in [1.29, 1.82) is 0 Å². The second-order valence-electron chi connectivity index (χ2n) is 4.97. The number of hydrogen-bond donors (Lipinski definition) is 1. The molecule has 1 amide bonds. The van der Waals surface area contributed by atoms with Gasteiger partial charge in [0.15, 0.2) is 0 Å². The predicted octanol–water partition coefficient (Wildman–Crippen LogP) is 0.481. The number of rotatable bonds is 3. The molecule has 0 aromatic rings. The van der Waals surface area contributed by atoms with Crippen molar-refractivity contribution < 1.29 is 9.53 Å². The second kappa shape index (κ2) is 4.72. The van der Waals surface area contributed by atoms with Gasteiger partial charge in [0.1, 0.15) is 0 Å². The molecule has 4 nitrogen and oxygen atoms in total. The Morgan fingerprint density at radius 1 is 1.50 bits per heavy atom. The Morgan fingerprint density at radius 3 is 2.75 bits per heavy atom. The SMILES string of the molecule is CCN1CC2(CCNCC2)[C@@H](COC)C1=O. The lowest BCUT2D eigenvalue weighted by molar-refractivity contribution is -0.133. The van der Waals surface area contributed by atoms with Gasteiger partial charge in [-0.1, -0.05) is 0 Å². The first-order chi connectivity index (χ1) is 7.73. The van der Waals surface area contributed by atoms with Crippen LogP contribution in [0.4, 0.5) is 0 Å². The van der Waals surface area contributed by atoms with Crippen LogP contribution in [-0.2, 0) is 9.53 Å². The van der Waals surface area contributed by atoms with E-state index in [0.717, 1.165) is 39.0 Å². The largest absolute Gasteiger partial charge is 0.384 e. The first kappa shape index (κ1) is 11.9. The van der Waals surface area contributed by atoms with Gasteiger partial charge in [0.2, 0.25) is 5.91 Å². The van der Waals surface area contributed by atoms with Gasteiger partial charge in [-0.05, 0) is 32.9 Å². The standard InChI is InChI=1S/C12H22N2O2/c1-3-14-9-12(4-6-13-7-5-12)10(8-16-2)11(14)15/h10,13H,3-9H2,1-2H3/t10-/m0/s1. The molecule has 2 aliphatic heterocycles. The van der Waals surface area contributed by atoms with Crippen molar-refractivity contribution in [1.82, 2.24) is 10.2 Å². The summed E-state index contributed by atoms with van der Waals surface area (Å²) >= 11 is 0. The lowest BCUT2D eigenvalue weighted by Gasteiger charge is -2.37. The quantitative estimate of drug-likeness (QED) is 0.761. The van der Waals surface area contributed by atoms with Gasteiger partial charge in [-0.2, -0.15) is 0 Å². The lowest BCUT2D eigenvalue weighted by atomic mass is 9.71. The second-order valence-corrected chi connectivity index (χ2v) is 4.97. The predicted molar refractivity (Wildman–Crippen MR) is 62.2 cm³/mol. The number of ether oxygens (including phenoxy) is 1. The van der Waals surface area contributed by atoms with E-state index in [0.29, 0.717) is 12.5 Å². The molecule has 4 heteroatoms. The van der Waals surface area contributed by atoms with Crippen LogP contribution in [0.15, 0.2) is 0 Å². The van der Waals surface area contributed by atoms with Crippen molar-refractivity contribution in [3.8, 4) is 0 Å². The molecule has 2 saturated heterocycles. The summed E-state index contributed by atoms with van der Waals surface area (Å²) < 4.78 is 5.25. The summed E-state index contributed by atoms with van der Waals surface area (Å²) in [6, 6.07) is 0. The molecule has 0 unspecified atom stereocenters. The van der Waals surface area contributed by atoms with Crippen LogP contribution in [0.2, 0.25) is 0 Å². The van der Waals surface area contributed by atoms with E-state index in [9.17, 15) is 4.79 Å². The Labute approximate surface area is 97.3 Å². The van der Waals surface area contributed by atoms with Crippen LogP contribution in [0.3, 0.4) is 0 Å². The Hall–Kier alpha value is -0.610. The first-order valence-electron chi connectivity index (χ1n) is 6.22. The number of likely N-dealkylation sites (tertiary alicyclic amines) is 1. The van der Waals surface area contributed by atoms with Crippen LogP contribution in [0.25, 0.3) is 0 Å². The van der Waals surface area contributed by atoms with Gasteiger partial charge in [0, 0.05) is 25.6 Å². The Morgan fingerprint density at radius 2 is 2.19 bits per heavy atom. The van der Waals surface area contributed by atoms with E-state index in [4.69, 9.17) is 4.74 Å². The molecule has 0 aromatic heterocycles. The minimum absolute atomic E-state index is 0.0829. The first-order valence-corrected chi connectivity index (χ1v) is 6.22. The highest BCUT2D eigenvalue weighted by atomic mass is 16.5. The summed E-state index contributed by atoms with van der Waals surface area (Å²) in [5.41, 5.74) is 0.175. The number of methoxy groups -OCH3 is 1. The van der Waals surface area contributed by atoms with Gasteiger partial charge in [0.05, 0.1) is 12.5 Å². The van der Waals surface area contributed by atoms with Crippen molar-refractivity contribution in [2.75, 3.05) is 39.9 Å². The molecule has 0 radical (unpaired) electrons. The molecular formula is C12H22N2O2. The monoisotopic (exact) mass is 226 g/mol. The van der Waals surface area contributed by atoms with Crippen LogP contribution in [-0.4, -0.2) is 50.7 Å². The zero-order valence-electron chi connectivity index (χ0n) is 10.3. The molecule has 1 spiro atoms. The highest BCUT2D eigenvalue weighted by Gasteiger charge is 2.51. The molecule has 2 rings (SSSR count). The lowest BCUT2D eigenvalue weighted by Crippen LogP contribution is -2.43. The molecule has 2 fully saturated rings. The molecule has 0 saturated carbocycles. The third-order valence-electron chi connectivity index (χ3n) is 4.17. The van der Waals surface area contributed by atoms with Gasteiger partial charge in [-0.15, -0.1) is 0 Å². The number of hydrogen-bond acceptors (Lipinski definition) is 3. The van der Waals surface area contributed by atoms with E-state index in [1.54, 1.807) is 7.11 Å². The van der Waals surface area contributed by atoms with E-state index in [-0.39, 0.29) is 11.3 Å². The smallest absolute Gasteiger partial charge is 0.228 e. The summed E-state index contributed by atoms with van der Waals surface area (Å²) in [5.74, 6) is 0.380. The summed E-state index contributed by atoms with van der Waals surface area (Å²) in [4.78, 5) is 14.2. The van der Waals surface area contributed by atoms with Crippen LogP contribution in [0.1, 0.15) is 19.8 Å². The molecule has 1 N–H and O–H groups in total. The molecule has 0 aliphatic carbocycles. The van der Waals surface area contributed by atoms with Crippen LogP contribution in [0, 0.1) is 11.3 Å². The highest BCUT2D eigenvalue weighted by Crippen LogP contribution is 2.43. The summed E-state index contributed by atoms with van der Waals surface area (Å²) in [7, 11) is 1.69. The molecule has 16 heavy (non-hydrogen) atoms. The number of amides is 1. The van der Waals surface area contributed by atoms with Crippen LogP contribution >= 0.6 is 0 Å². The zero-order chi connectivity index (χ0) is 11.6. The number of piperidine rings is 1. The van der Waals surface area contributed by atoms with Gasteiger partial charge in [-0.3, -0.25) is 4.79 Å². The fourth-order valence-electron chi connectivity index (χ4n) is 3.16. The van der Waals surface area contributed by atoms with E-state index >= 15 is 0 Å². The fraction of sp³-hybridized carbons (Fsp3) is 0.917. The average Bonchev–Trinajstić information content (AvgIpc) is 2.56. The summed E-state index contributed by atoms with van der Waals surface area (Å²) in [6.07, 6.45) is 2.20. The normalized spacial score (nSPS) is 29.0. The van der Waals surface area contributed by atoms with Crippen molar-refractivity contribution in [2.45, 2.75) is 19.8 Å². The average molecular weight is 226 g/mol. The van der Waals surface area contributed by atoms with Crippen LogP contribution in [0.5, 0.6) is 0 Å².